The van der Waals surface area contributed by atoms with Gasteiger partial charge in [-0.2, -0.15) is 0 Å². The maximum absolute atomic E-state index is 12.5. The van der Waals surface area contributed by atoms with Crippen LogP contribution in [0.2, 0.25) is 0 Å². The molecule has 1 aromatic carbocycles. The summed E-state index contributed by atoms with van der Waals surface area (Å²) in [5.74, 6) is -0.499. The predicted octanol–water partition coefficient (Wildman–Crippen LogP) is 1.76. The number of H-pyrrole nitrogens is 1. The smallest absolute Gasteiger partial charge is 0.306 e. The van der Waals surface area contributed by atoms with Gasteiger partial charge in [0.15, 0.2) is 0 Å². The predicted molar refractivity (Wildman–Crippen MR) is 89.3 cm³/mol. The van der Waals surface area contributed by atoms with Crippen LogP contribution in [0.5, 0.6) is 0 Å². The van der Waals surface area contributed by atoms with Gasteiger partial charge in [-0.1, -0.05) is 18.2 Å². The molecule has 0 spiro atoms. The third-order valence-corrected chi connectivity index (χ3v) is 4.49. The highest BCUT2D eigenvalue weighted by Crippen LogP contribution is 2.30. The lowest BCUT2D eigenvalue weighted by Gasteiger charge is -2.34. The van der Waals surface area contributed by atoms with E-state index in [4.69, 9.17) is 4.74 Å². The molecule has 2 N–H and O–H groups in total. The molecule has 1 atom stereocenters. The van der Waals surface area contributed by atoms with E-state index in [-0.39, 0.29) is 37.4 Å². The zero-order valence-electron chi connectivity index (χ0n) is 13.7. The third-order valence-electron chi connectivity index (χ3n) is 4.49. The minimum atomic E-state index is -0.366. The van der Waals surface area contributed by atoms with E-state index in [2.05, 4.69) is 11.1 Å². The van der Waals surface area contributed by atoms with Gasteiger partial charge in [0.05, 0.1) is 32.2 Å². The number of aromatic amines is 1. The van der Waals surface area contributed by atoms with Crippen molar-refractivity contribution in [3.63, 3.8) is 0 Å². The zero-order chi connectivity index (χ0) is 17.1. The number of aliphatic hydroxyl groups is 1. The van der Waals surface area contributed by atoms with Crippen molar-refractivity contribution in [1.29, 1.82) is 0 Å². The number of para-hydroxylation sites is 1. The SMILES string of the molecule is CCOC(=O)CCC(=O)N1Cc2[nH]c3ccccc3c2CC1CO. The number of hydrogen-bond donors (Lipinski definition) is 2. The van der Waals surface area contributed by atoms with Crippen molar-refractivity contribution in [2.45, 2.75) is 38.8 Å². The molecule has 0 saturated carbocycles. The molecule has 0 radical (unpaired) electrons. The number of carbonyl (C=O) groups is 2. The molecule has 2 heterocycles. The van der Waals surface area contributed by atoms with E-state index in [0.717, 1.165) is 16.6 Å². The zero-order valence-corrected chi connectivity index (χ0v) is 13.7. The van der Waals surface area contributed by atoms with Gasteiger partial charge in [0.25, 0.3) is 0 Å². The average molecular weight is 330 g/mol. The van der Waals surface area contributed by atoms with Crippen molar-refractivity contribution in [3.05, 3.63) is 35.5 Å². The van der Waals surface area contributed by atoms with Gasteiger partial charge in [0, 0.05) is 23.0 Å². The largest absolute Gasteiger partial charge is 0.466 e. The number of carbonyl (C=O) groups excluding carboxylic acids is 2. The normalized spacial score (nSPS) is 16.9. The first-order chi connectivity index (χ1) is 11.6. The van der Waals surface area contributed by atoms with E-state index in [0.29, 0.717) is 19.6 Å². The molecule has 128 valence electrons. The fourth-order valence-corrected chi connectivity index (χ4v) is 3.31. The molecule has 24 heavy (non-hydrogen) atoms. The highest BCUT2D eigenvalue weighted by molar-refractivity contribution is 5.86. The molecule has 6 nitrogen and oxygen atoms in total. The Hall–Kier alpha value is -2.34. The number of hydrogen-bond acceptors (Lipinski definition) is 4. The van der Waals surface area contributed by atoms with Crippen LogP contribution < -0.4 is 0 Å². The van der Waals surface area contributed by atoms with Gasteiger partial charge in [0.1, 0.15) is 0 Å². The number of ether oxygens (including phenoxy) is 1. The van der Waals surface area contributed by atoms with E-state index in [1.54, 1.807) is 11.8 Å². The molecule has 1 aliphatic heterocycles. The van der Waals surface area contributed by atoms with Crippen molar-refractivity contribution >= 4 is 22.8 Å². The molecule has 1 aromatic heterocycles. The van der Waals surface area contributed by atoms with Gasteiger partial charge in [-0.15, -0.1) is 0 Å². The Morgan fingerprint density at radius 1 is 1.33 bits per heavy atom. The van der Waals surface area contributed by atoms with Gasteiger partial charge in [-0.05, 0) is 25.0 Å². The lowest BCUT2D eigenvalue weighted by molar-refractivity contribution is -0.146. The third kappa shape index (κ3) is 3.14. The van der Waals surface area contributed by atoms with Crippen LogP contribution in [-0.4, -0.2) is 46.1 Å². The Labute approximate surface area is 140 Å². The number of esters is 1. The standard InChI is InChI=1S/C18H22N2O4/c1-2-24-18(23)8-7-17(22)20-10-16-14(9-12(20)11-21)13-5-3-4-6-15(13)19-16/h3-6,12,19,21H,2,7-11H2,1H3. The van der Waals surface area contributed by atoms with E-state index in [9.17, 15) is 14.7 Å². The number of benzene rings is 1. The second-order valence-electron chi connectivity index (χ2n) is 5.99. The second kappa shape index (κ2) is 7.05. The number of rotatable bonds is 5. The van der Waals surface area contributed by atoms with Crippen LogP contribution in [0, 0.1) is 0 Å². The Morgan fingerprint density at radius 2 is 2.12 bits per heavy atom. The van der Waals surface area contributed by atoms with Crippen LogP contribution in [-0.2, 0) is 27.3 Å². The molecular formula is C18H22N2O4. The minimum absolute atomic E-state index is 0.0703. The van der Waals surface area contributed by atoms with Gasteiger partial charge < -0.3 is 19.7 Å². The molecule has 1 unspecified atom stereocenters. The monoisotopic (exact) mass is 330 g/mol. The molecule has 2 aromatic rings. The minimum Gasteiger partial charge on any atom is -0.466 e. The maximum atomic E-state index is 12.5. The van der Waals surface area contributed by atoms with Crippen LogP contribution in [0.25, 0.3) is 10.9 Å². The molecule has 3 rings (SSSR count). The summed E-state index contributed by atoms with van der Waals surface area (Å²) < 4.78 is 4.86. The quantitative estimate of drug-likeness (QED) is 0.818. The van der Waals surface area contributed by atoms with E-state index in [1.165, 1.54) is 5.56 Å². The number of nitrogens with zero attached hydrogens (tertiary/aromatic N) is 1. The van der Waals surface area contributed by atoms with Crippen LogP contribution in [0.4, 0.5) is 0 Å². The number of nitrogens with one attached hydrogen (secondary N) is 1. The van der Waals surface area contributed by atoms with E-state index >= 15 is 0 Å². The Bertz CT molecular complexity index is 753. The summed E-state index contributed by atoms with van der Waals surface area (Å²) in [4.78, 5) is 29.0. The number of amides is 1. The highest BCUT2D eigenvalue weighted by atomic mass is 16.5. The van der Waals surface area contributed by atoms with Crippen molar-refractivity contribution in [1.82, 2.24) is 9.88 Å². The second-order valence-corrected chi connectivity index (χ2v) is 5.99. The molecule has 1 aliphatic rings. The molecule has 0 bridgehead atoms. The van der Waals surface area contributed by atoms with Crippen LogP contribution >= 0.6 is 0 Å². The first kappa shape index (κ1) is 16.5. The Kier molecular flexibility index (Phi) is 4.85. The van der Waals surface area contributed by atoms with Gasteiger partial charge >= 0.3 is 5.97 Å². The Morgan fingerprint density at radius 3 is 2.88 bits per heavy atom. The number of aromatic nitrogens is 1. The lowest BCUT2D eigenvalue weighted by atomic mass is 9.96. The number of fused-ring (bicyclic) bond motifs is 3. The van der Waals surface area contributed by atoms with Crippen molar-refractivity contribution in [2.75, 3.05) is 13.2 Å². The van der Waals surface area contributed by atoms with E-state index < -0.39 is 0 Å². The van der Waals surface area contributed by atoms with Gasteiger partial charge in [-0.3, -0.25) is 9.59 Å². The molecular weight excluding hydrogens is 308 g/mol. The summed E-state index contributed by atoms with van der Waals surface area (Å²) in [7, 11) is 0. The van der Waals surface area contributed by atoms with Crippen molar-refractivity contribution in [3.8, 4) is 0 Å². The summed E-state index contributed by atoms with van der Waals surface area (Å²) in [6, 6.07) is 7.76. The Balaban J connectivity index is 1.77. The average Bonchev–Trinajstić information content (AvgIpc) is 2.96. The van der Waals surface area contributed by atoms with Crippen molar-refractivity contribution in [2.24, 2.45) is 0 Å². The summed E-state index contributed by atoms with van der Waals surface area (Å²) >= 11 is 0. The first-order valence-electron chi connectivity index (χ1n) is 8.28. The summed E-state index contributed by atoms with van der Waals surface area (Å²) in [6.45, 7) is 2.39. The highest BCUT2D eigenvalue weighted by Gasteiger charge is 2.31. The van der Waals surface area contributed by atoms with Crippen LogP contribution in [0.3, 0.4) is 0 Å². The first-order valence-corrected chi connectivity index (χ1v) is 8.28. The fraction of sp³-hybridized carbons (Fsp3) is 0.444. The molecule has 6 heteroatoms. The summed E-state index contributed by atoms with van der Waals surface area (Å²) in [5.41, 5.74) is 3.21. The maximum Gasteiger partial charge on any atom is 0.306 e. The topological polar surface area (TPSA) is 82.6 Å². The van der Waals surface area contributed by atoms with Crippen molar-refractivity contribution < 1.29 is 19.4 Å². The molecule has 1 amide bonds. The fourth-order valence-electron chi connectivity index (χ4n) is 3.31. The van der Waals surface area contributed by atoms with E-state index in [1.807, 2.05) is 18.2 Å². The van der Waals surface area contributed by atoms with Gasteiger partial charge in [0.2, 0.25) is 5.91 Å². The lowest BCUT2D eigenvalue weighted by Crippen LogP contribution is -2.46. The molecule has 0 saturated heterocycles. The molecule has 0 aliphatic carbocycles. The van der Waals surface area contributed by atoms with Gasteiger partial charge in [-0.25, -0.2) is 0 Å². The molecule has 0 fully saturated rings. The summed E-state index contributed by atoms with van der Waals surface area (Å²) in [5, 5.41) is 10.9. The summed E-state index contributed by atoms with van der Waals surface area (Å²) in [6.07, 6.45) is 0.784. The van der Waals surface area contributed by atoms with Crippen LogP contribution in [0.15, 0.2) is 24.3 Å². The van der Waals surface area contributed by atoms with Crippen LogP contribution in [0.1, 0.15) is 31.0 Å². The number of aliphatic hydroxyl groups excluding tert-OH is 1.